The standard InChI is InChI=1S/C52H86N8O5/c1-6-31-62-33-35-64-37-38-65-36-34-63-32-30-57-26-18-51(19-27-57)16-24-56(25-17-51)22-15-49(61)58-28-20-52(21-29-58)40-46(41-52)50(54)60(44(4)53)43(3)39-47-13-12-42(2)59(47)23-14-48(55-5)45-10-8-7-9-11-45/h1,7-11,42-43,46-48,53-55H,12-41H2,2-5H3. The molecule has 1 amide bonds. The van der Waals surface area contributed by atoms with E-state index in [-0.39, 0.29) is 17.4 Å². The molecule has 4 saturated heterocycles. The van der Waals surface area contributed by atoms with Crippen LogP contribution in [0.1, 0.15) is 116 Å². The molecule has 3 N–H and O–H groups in total. The van der Waals surface area contributed by atoms with Gasteiger partial charge in [-0.3, -0.25) is 20.5 Å². The summed E-state index contributed by atoms with van der Waals surface area (Å²) in [6.07, 6.45) is 19.3. The zero-order chi connectivity index (χ0) is 46.1. The van der Waals surface area contributed by atoms with E-state index in [2.05, 4.69) is 82.1 Å². The van der Waals surface area contributed by atoms with Crippen molar-refractivity contribution in [1.29, 1.82) is 10.8 Å². The molecular formula is C52H86N8O5. The van der Waals surface area contributed by atoms with E-state index < -0.39 is 0 Å². The summed E-state index contributed by atoms with van der Waals surface area (Å²) in [5.41, 5.74) is 2.04. The number of carbonyl (C=O) groups is 1. The first-order chi connectivity index (χ1) is 31.5. The van der Waals surface area contributed by atoms with E-state index in [4.69, 9.17) is 30.8 Å². The highest BCUT2D eigenvalue weighted by Gasteiger charge is 2.49. The molecule has 2 spiro atoms. The first kappa shape index (κ1) is 51.5. The molecule has 4 heterocycles. The third-order valence-corrected chi connectivity index (χ3v) is 16.1. The number of amidine groups is 2. The molecule has 1 aliphatic carbocycles. The fourth-order valence-corrected chi connectivity index (χ4v) is 11.9. The summed E-state index contributed by atoms with van der Waals surface area (Å²) in [5.74, 6) is 4.08. The maximum absolute atomic E-state index is 13.5. The number of likely N-dealkylation sites (tertiary alicyclic amines) is 4. The summed E-state index contributed by atoms with van der Waals surface area (Å²) in [5, 5.41) is 21.7. The Labute approximate surface area is 393 Å². The Bertz CT molecular complexity index is 1620. The largest absolute Gasteiger partial charge is 0.378 e. The molecule has 5 aliphatic rings. The minimum Gasteiger partial charge on any atom is -0.378 e. The van der Waals surface area contributed by atoms with Crippen molar-refractivity contribution in [3.63, 3.8) is 0 Å². The van der Waals surface area contributed by atoms with Crippen molar-refractivity contribution in [3.8, 4) is 12.3 Å². The summed E-state index contributed by atoms with van der Waals surface area (Å²) in [7, 11) is 2.06. The Kier molecular flexibility index (Phi) is 20.6. The maximum atomic E-state index is 13.5. The van der Waals surface area contributed by atoms with Gasteiger partial charge < -0.3 is 43.9 Å². The van der Waals surface area contributed by atoms with Crippen LogP contribution in [0.15, 0.2) is 30.3 Å². The molecule has 65 heavy (non-hydrogen) atoms. The number of carbonyl (C=O) groups excluding carboxylic acids is 1. The molecule has 4 unspecified atom stereocenters. The summed E-state index contributed by atoms with van der Waals surface area (Å²) in [6, 6.07) is 12.2. The van der Waals surface area contributed by atoms with Crippen molar-refractivity contribution in [3.05, 3.63) is 35.9 Å². The fraction of sp³-hybridized carbons (Fsp3) is 0.788. The highest BCUT2D eigenvalue weighted by Crippen LogP contribution is 2.53. The first-order valence-corrected chi connectivity index (χ1v) is 25.4. The van der Waals surface area contributed by atoms with Gasteiger partial charge in [0.05, 0.1) is 52.1 Å². The van der Waals surface area contributed by atoms with Crippen LogP contribution in [0.5, 0.6) is 0 Å². The highest BCUT2D eigenvalue weighted by molar-refractivity contribution is 5.98. The van der Waals surface area contributed by atoms with Crippen molar-refractivity contribution >= 4 is 17.6 Å². The molecule has 4 atom stereocenters. The van der Waals surface area contributed by atoms with Gasteiger partial charge in [-0.1, -0.05) is 36.3 Å². The van der Waals surface area contributed by atoms with E-state index in [1.54, 1.807) is 0 Å². The average Bonchev–Trinajstić information content (AvgIpc) is 3.65. The molecule has 0 radical (unpaired) electrons. The summed E-state index contributed by atoms with van der Waals surface area (Å²) >= 11 is 0. The minimum atomic E-state index is 0.115. The van der Waals surface area contributed by atoms with E-state index >= 15 is 0 Å². The minimum absolute atomic E-state index is 0.115. The van der Waals surface area contributed by atoms with Gasteiger partial charge in [0.15, 0.2) is 0 Å². The van der Waals surface area contributed by atoms with Gasteiger partial charge in [-0.2, -0.15) is 0 Å². The van der Waals surface area contributed by atoms with Crippen molar-refractivity contribution < 1.29 is 23.7 Å². The SMILES string of the molecule is C#CCOCCOCCOCCOCCN1CCC2(CC1)CCN(CCC(=O)N1CCC3(CC1)CC(C(=N)N(C(C)=N)C(C)CC1CCC(C)N1CCC(NC)c1ccccc1)C3)CC2. The number of hydrogen-bond acceptors (Lipinski definition) is 11. The lowest BCUT2D eigenvalue weighted by Crippen LogP contribution is -2.55. The van der Waals surface area contributed by atoms with Crippen molar-refractivity contribution in [2.45, 2.75) is 128 Å². The van der Waals surface area contributed by atoms with Crippen LogP contribution >= 0.6 is 0 Å². The number of piperidine rings is 3. The Balaban J connectivity index is 0.815. The average molecular weight is 903 g/mol. The topological polar surface area (TPSA) is 130 Å². The van der Waals surface area contributed by atoms with Gasteiger partial charge >= 0.3 is 0 Å². The summed E-state index contributed by atoms with van der Waals surface area (Å²) < 4.78 is 22.1. The molecule has 4 aliphatic heterocycles. The second kappa shape index (κ2) is 26.0. The monoisotopic (exact) mass is 903 g/mol. The van der Waals surface area contributed by atoms with E-state index in [1.165, 1.54) is 44.1 Å². The van der Waals surface area contributed by atoms with Gasteiger partial charge in [-0.15, -0.1) is 6.42 Å². The fourth-order valence-electron chi connectivity index (χ4n) is 11.9. The lowest BCUT2D eigenvalue weighted by Gasteiger charge is -2.53. The quantitative estimate of drug-likeness (QED) is 0.0432. The van der Waals surface area contributed by atoms with Crippen LogP contribution in [-0.4, -0.2) is 179 Å². The number of rotatable bonds is 25. The molecule has 6 rings (SSSR count). The number of ether oxygens (including phenoxy) is 4. The van der Waals surface area contributed by atoms with Crippen LogP contribution in [-0.2, 0) is 23.7 Å². The Hall–Kier alpha value is -2.93. The van der Waals surface area contributed by atoms with E-state index in [9.17, 15) is 10.2 Å². The van der Waals surface area contributed by atoms with Crippen LogP contribution in [0.4, 0.5) is 0 Å². The third kappa shape index (κ3) is 15.0. The molecular weight excluding hydrogens is 817 g/mol. The number of terminal acetylenes is 1. The molecule has 13 heteroatoms. The lowest BCUT2D eigenvalue weighted by molar-refractivity contribution is -0.135. The first-order valence-electron chi connectivity index (χ1n) is 25.4. The number of nitrogens with one attached hydrogen (secondary N) is 3. The van der Waals surface area contributed by atoms with Gasteiger partial charge in [-0.05, 0) is 147 Å². The normalized spacial score (nSPS) is 23.6. The van der Waals surface area contributed by atoms with Gasteiger partial charge in [0.25, 0.3) is 0 Å². The molecule has 0 aromatic heterocycles. The van der Waals surface area contributed by atoms with Crippen LogP contribution < -0.4 is 5.32 Å². The van der Waals surface area contributed by atoms with Crippen LogP contribution in [0, 0.1) is 39.9 Å². The van der Waals surface area contributed by atoms with Crippen molar-refractivity contribution in [2.75, 3.05) is 119 Å². The second-order valence-electron chi connectivity index (χ2n) is 20.3. The second-order valence-corrected chi connectivity index (χ2v) is 20.3. The summed E-state index contributed by atoms with van der Waals surface area (Å²) in [4.78, 5) is 25.4. The molecule has 5 fully saturated rings. The third-order valence-electron chi connectivity index (χ3n) is 16.1. The molecule has 0 bridgehead atoms. The zero-order valence-electron chi connectivity index (χ0n) is 40.8. The molecule has 364 valence electrons. The number of hydrogen-bond donors (Lipinski definition) is 3. The smallest absolute Gasteiger partial charge is 0.223 e. The molecule has 1 saturated carbocycles. The summed E-state index contributed by atoms with van der Waals surface area (Å²) in [6.45, 7) is 19.9. The van der Waals surface area contributed by atoms with E-state index in [1.807, 2.05) is 11.8 Å². The molecule has 1 aromatic rings. The maximum Gasteiger partial charge on any atom is 0.223 e. The lowest BCUT2D eigenvalue weighted by atomic mass is 9.57. The number of nitrogens with zero attached hydrogens (tertiary/aromatic N) is 5. The predicted octanol–water partition coefficient (Wildman–Crippen LogP) is 6.53. The molecule has 1 aromatic carbocycles. The Morgan fingerprint density at radius 3 is 1.97 bits per heavy atom. The van der Waals surface area contributed by atoms with Gasteiger partial charge in [0, 0.05) is 69.2 Å². The van der Waals surface area contributed by atoms with Gasteiger partial charge in [-0.25, -0.2) is 0 Å². The van der Waals surface area contributed by atoms with Crippen molar-refractivity contribution in [2.24, 2.45) is 16.7 Å². The van der Waals surface area contributed by atoms with Gasteiger partial charge in [0.2, 0.25) is 5.91 Å². The van der Waals surface area contributed by atoms with Crippen LogP contribution in [0.25, 0.3) is 0 Å². The molecule has 13 nitrogen and oxygen atoms in total. The Morgan fingerprint density at radius 2 is 1.38 bits per heavy atom. The number of amides is 1. The van der Waals surface area contributed by atoms with E-state index in [0.29, 0.717) is 93.8 Å². The van der Waals surface area contributed by atoms with Crippen LogP contribution in [0.3, 0.4) is 0 Å². The van der Waals surface area contributed by atoms with E-state index in [0.717, 1.165) is 104 Å². The zero-order valence-corrected chi connectivity index (χ0v) is 40.8. The van der Waals surface area contributed by atoms with Gasteiger partial charge in [0.1, 0.15) is 12.4 Å². The predicted molar refractivity (Wildman–Crippen MR) is 261 cm³/mol. The van der Waals surface area contributed by atoms with Crippen LogP contribution in [0.2, 0.25) is 0 Å². The number of benzene rings is 1. The highest BCUT2D eigenvalue weighted by atomic mass is 16.6. The van der Waals surface area contributed by atoms with Crippen molar-refractivity contribution in [1.82, 2.24) is 29.8 Å². The Morgan fingerprint density at radius 1 is 0.815 bits per heavy atom.